The molecule has 1 amide bonds. The number of carbonyl (C=O) groups is 1. The van der Waals surface area contributed by atoms with E-state index in [9.17, 15) is 4.79 Å². The summed E-state index contributed by atoms with van der Waals surface area (Å²) < 4.78 is 0. The van der Waals surface area contributed by atoms with Crippen molar-refractivity contribution in [2.24, 2.45) is 11.8 Å². The Labute approximate surface area is 105 Å². The van der Waals surface area contributed by atoms with Crippen LogP contribution in [0.1, 0.15) is 27.2 Å². The summed E-state index contributed by atoms with van der Waals surface area (Å²) in [4.78, 5) is 14.2. The molecule has 2 N–H and O–H groups in total. The third-order valence-corrected chi connectivity index (χ3v) is 3.72. The zero-order chi connectivity index (χ0) is 12.8. The molecule has 1 fully saturated rings. The molecule has 1 rings (SSSR count). The number of hydrogen-bond donors (Lipinski definition) is 2. The molecule has 4 nitrogen and oxygen atoms in total. The zero-order valence-electron chi connectivity index (χ0n) is 11.6. The van der Waals surface area contributed by atoms with Crippen molar-refractivity contribution < 1.29 is 4.79 Å². The molecule has 1 heterocycles. The number of rotatable bonds is 6. The van der Waals surface area contributed by atoms with E-state index in [4.69, 9.17) is 0 Å². The Kier molecular flexibility index (Phi) is 5.92. The van der Waals surface area contributed by atoms with Gasteiger partial charge in [0.25, 0.3) is 0 Å². The molecule has 0 spiro atoms. The van der Waals surface area contributed by atoms with Gasteiger partial charge in [-0.2, -0.15) is 0 Å². The van der Waals surface area contributed by atoms with Crippen LogP contribution in [-0.4, -0.2) is 50.1 Å². The summed E-state index contributed by atoms with van der Waals surface area (Å²) >= 11 is 0. The third-order valence-electron chi connectivity index (χ3n) is 3.72. The molecule has 17 heavy (non-hydrogen) atoms. The second-order valence-corrected chi connectivity index (χ2v) is 5.46. The Bertz CT molecular complexity index is 243. The lowest BCUT2D eigenvalue weighted by Crippen LogP contribution is -2.36. The van der Waals surface area contributed by atoms with Crippen molar-refractivity contribution in [2.75, 3.05) is 33.2 Å². The number of carbonyl (C=O) groups excluding carboxylic acids is 1. The smallest absolute Gasteiger partial charge is 0.224 e. The Morgan fingerprint density at radius 1 is 1.47 bits per heavy atom. The number of nitrogens with zero attached hydrogens (tertiary/aromatic N) is 1. The van der Waals surface area contributed by atoms with Crippen LogP contribution in [0.5, 0.6) is 0 Å². The van der Waals surface area contributed by atoms with Gasteiger partial charge in [0.05, 0.1) is 5.92 Å². The highest BCUT2D eigenvalue weighted by molar-refractivity contribution is 5.79. The van der Waals surface area contributed by atoms with Crippen LogP contribution in [-0.2, 0) is 4.79 Å². The summed E-state index contributed by atoms with van der Waals surface area (Å²) in [6.07, 6.45) is 1.02. The van der Waals surface area contributed by atoms with Crippen LogP contribution in [0.4, 0.5) is 0 Å². The maximum absolute atomic E-state index is 11.9. The molecule has 0 aliphatic carbocycles. The minimum atomic E-state index is 0.165. The largest absolute Gasteiger partial charge is 0.356 e. The van der Waals surface area contributed by atoms with Gasteiger partial charge < -0.3 is 15.5 Å². The number of hydrogen-bond acceptors (Lipinski definition) is 3. The molecule has 2 atom stereocenters. The van der Waals surface area contributed by atoms with Gasteiger partial charge in [0.2, 0.25) is 5.91 Å². The first-order valence-corrected chi connectivity index (χ1v) is 6.71. The maximum Gasteiger partial charge on any atom is 0.224 e. The molecule has 1 saturated heterocycles. The molecule has 0 radical (unpaired) electrons. The highest BCUT2D eigenvalue weighted by atomic mass is 16.1. The van der Waals surface area contributed by atoms with Crippen LogP contribution in [0.3, 0.4) is 0 Å². The van der Waals surface area contributed by atoms with Gasteiger partial charge >= 0.3 is 0 Å². The van der Waals surface area contributed by atoms with Gasteiger partial charge in [-0.25, -0.2) is 0 Å². The van der Waals surface area contributed by atoms with Gasteiger partial charge in [0.1, 0.15) is 0 Å². The van der Waals surface area contributed by atoms with Crippen molar-refractivity contribution in [3.8, 4) is 0 Å². The SMILES string of the molecule is CC1CNCC1C(=O)NCCCN(C)C(C)C. The zero-order valence-corrected chi connectivity index (χ0v) is 11.6. The van der Waals surface area contributed by atoms with Crippen molar-refractivity contribution in [1.82, 2.24) is 15.5 Å². The van der Waals surface area contributed by atoms with Crippen LogP contribution in [0.2, 0.25) is 0 Å². The average molecular weight is 241 g/mol. The van der Waals surface area contributed by atoms with Crippen molar-refractivity contribution in [2.45, 2.75) is 33.2 Å². The molecule has 0 aromatic rings. The van der Waals surface area contributed by atoms with Crippen molar-refractivity contribution in [3.05, 3.63) is 0 Å². The maximum atomic E-state index is 11.9. The van der Waals surface area contributed by atoms with E-state index in [0.717, 1.165) is 32.6 Å². The average Bonchev–Trinajstić information content (AvgIpc) is 2.70. The monoisotopic (exact) mass is 241 g/mol. The van der Waals surface area contributed by atoms with E-state index in [1.165, 1.54) is 0 Å². The van der Waals surface area contributed by atoms with Gasteiger partial charge in [0, 0.05) is 19.1 Å². The first kappa shape index (κ1) is 14.5. The lowest BCUT2D eigenvalue weighted by molar-refractivity contribution is -0.125. The summed E-state index contributed by atoms with van der Waals surface area (Å²) in [5, 5.41) is 6.30. The summed E-state index contributed by atoms with van der Waals surface area (Å²) in [7, 11) is 2.12. The Morgan fingerprint density at radius 2 is 2.18 bits per heavy atom. The Balaban J connectivity index is 2.12. The molecule has 100 valence electrons. The Hall–Kier alpha value is -0.610. The van der Waals surface area contributed by atoms with Gasteiger partial charge in [-0.05, 0) is 46.3 Å². The van der Waals surface area contributed by atoms with Gasteiger partial charge in [-0.3, -0.25) is 4.79 Å². The predicted octanol–water partition coefficient (Wildman–Crippen LogP) is 0.688. The first-order valence-electron chi connectivity index (χ1n) is 6.71. The second-order valence-electron chi connectivity index (χ2n) is 5.46. The van der Waals surface area contributed by atoms with E-state index >= 15 is 0 Å². The molecule has 0 saturated carbocycles. The van der Waals surface area contributed by atoms with Crippen molar-refractivity contribution in [1.29, 1.82) is 0 Å². The molecule has 4 heteroatoms. The van der Waals surface area contributed by atoms with Gasteiger partial charge in [0.15, 0.2) is 0 Å². The predicted molar refractivity (Wildman–Crippen MR) is 70.9 cm³/mol. The van der Waals surface area contributed by atoms with Crippen LogP contribution in [0.15, 0.2) is 0 Å². The number of nitrogens with one attached hydrogen (secondary N) is 2. The van der Waals surface area contributed by atoms with E-state index in [1.54, 1.807) is 0 Å². The lowest BCUT2D eigenvalue weighted by Gasteiger charge is -2.21. The summed E-state index contributed by atoms with van der Waals surface area (Å²) in [6.45, 7) is 10.1. The summed E-state index contributed by atoms with van der Waals surface area (Å²) in [5.74, 6) is 0.848. The fourth-order valence-corrected chi connectivity index (χ4v) is 2.09. The van der Waals surface area contributed by atoms with E-state index < -0.39 is 0 Å². The van der Waals surface area contributed by atoms with E-state index in [1.807, 2.05) is 0 Å². The quantitative estimate of drug-likeness (QED) is 0.673. The summed E-state index contributed by atoms with van der Waals surface area (Å²) in [5.41, 5.74) is 0. The normalized spacial score (nSPS) is 24.6. The van der Waals surface area contributed by atoms with Crippen molar-refractivity contribution in [3.63, 3.8) is 0 Å². The molecular weight excluding hydrogens is 214 g/mol. The van der Waals surface area contributed by atoms with Crippen LogP contribution < -0.4 is 10.6 Å². The van der Waals surface area contributed by atoms with Gasteiger partial charge in [-0.1, -0.05) is 6.92 Å². The first-order chi connectivity index (χ1) is 8.02. The van der Waals surface area contributed by atoms with Crippen LogP contribution in [0, 0.1) is 11.8 Å². The van der Waals surface area contributed by atoms with Crippen LogP contribution in [0.25, 0.3) is 0 Å². The molecule has 2 unspecified atom stereocenters. The molecule has 0 bridgehead atoms. The minimum absolute atomic E-state index is 0.165. The standard InChI is InChI=1S/C13H27N3O/c1-10(2)16(4)7-5-6-15-13(17)12-9-14-8-11(12)3/h10-12,14H,5-9H2,1-4H3,(H,15,17). The van der Waals surface area contributed by atoms with E-state index in [0.29, 0.717) is 12.0 Å². The van der Waals surface area contributed by atoms with Crippen molar-refractivity contribution >= 4 is 5.91 Å². The van der Waals surface area contributed by atoms with Crippen LogP contribution >= 0.6 is 0 Å². The van der Waals surface area contributed by atoms with Gasteiger partial charge in [-0.15, -0.1) is 0 Å². The van der Waals surface area contributed by atoms with E-state index in [2.05, 4.69) is 43.4 Å². The minimum Gasteiger partial charge on any atom is -0.356 e. The fraction of sp³-hybridized carbons (Fsp3) is 0.923. The Morgan fingerprint density at radius 3 is 2.71 bits per heavy atom. The molecular formula is C13H27N3O. The second kappa shape index (κ2) is 6.97. The molecule has 1 aliphatic heterocycles. The molecule has 0 aromatic heterocycles. The topological polar surface area (TPSA) is 44.4 Å². The molecule has 0 aromatic carbocycles. The number of amides is 1. The van der Waals surface area contributed by atoms with E-state index in [-0.39, 0.29) is 11.8 Å². The summed E-state index contributed by atoms with van der Waals surface area (Å²) in [6, 6.07) is 0.574. The fourth-order valence-electron chi connectivity index (χ4n) is 2.09. The highest BCUT2D eigenvalue weighted by Gasteiger charge is 2.28. The highest BCUT2D eigenvalue weighted by Crippen LogP contribution is 2.15. The third kappa shape index (κ3) is 4.64. The molecule has 1 aliphatic rings. The lowest BCUT2D eigenvalue weighted by atomic mass is 9.97.